The summed E-state index contributed by atoms with van der Waals surface area (Å²) in [4.78, 5) is 24.3. The molecule has 0 aliphatic heterocycles. The van der Waals surface area contributed by atoms with Gasteiger partial charge in [-0.2, -0.15) is 0 Å². The minimum Gasteiger partial charge on any atom is -0.480 e. The first-order valence-corrected chi connectivity index (χ1v) is 6.44. The third kappa shape index (κ3) is 3.59. The van der Waals surface area contributed by atoms with Gasteiger partial charge >= 0.3 is 12.1 Å². The average Bonchev–Trinajstić information content (AvgIpc) is 2.19. The predicted molar refractivity (Wildman–Crippen MR) is 70.7 cm³/mol. The maximum absolute atomic E-state index is 11.9. The van der Waals surface area contributed by atoms with Crippen LogP contribution in [0.5, 0.6) is 0 Å². The number of ether oxygens (including phenoxy) is 1. The van der Waals surface area contributed by atoms with Crippen molar-refractivity contribution < 1.29 is 19.4 Å². The van der Waals surface area contributed by atoms with Crippen molar-refractivity contribution in [2.45, 2.75) is 57.7 Å². The van der Waals surface area contributed by atoms with Crippen LogP contribution in [0.3, 0.4) is 0 Å². The van der Waals surface area contributed by atoms with E-state index < -0.39 is 23.2 Å². The number of carbonyl (C=O) groups is 2. The van der Waals surface area contributed by atoms with Gasteiger partial charge in [0.1, 0.15) is 11.1 Å². The molecule has 0 aromatic carbocycles. The van der Waals surface area contributed by atoms with Gasteiger partial charge in [0.2, 0.25) is 0 Å². The minimum absolute atomic E-state index is 0.0918. The highest BCUT2D eigenvalue weighted by atomic mass is 16.6. The average molecular weight is 272 g/mol. The third-order valence-corrected chi connectivity index (χ3v) is 3.65. The molecule has 19 heavy (non-hydrogen) atoms. The second-order valence-electron chi connectivity index (χ2n) is 6.46. The SMILES string of the molecule is CC(C1CC(N)(C(=O)O)C1)N(C)C(=O)OC(C)(C)C. The second kappa shape index (κ2) is 5.00. The van der Waals surface area contributed by atoms with E-state index in [9.17, 15) is 9.59 Å². The maximum atomic E-state index is 11.9. The van der Waals surface area contributed by atoms with Crippen LogP contribution in [0.15, 0.2) is 0 Å². The van der Waals surface area contributed by atoms with Gasteiger partial charge in [0.25, 0.3) is 0 Å². The molecule has 0 radical (unpaired) electrons. The Morgan fingerprint density at radius 2 is 1.89 bits per heavy atom. The molecule has 0 saturated heterocycles. The van der Waals surface area contributed by atoms with Crippen molar-refractivity contribution in [2.75, 3.05) is 7.05 Å². The van der Waals surface area contributed by atoms with Gasteiger partial charge in [0, 0.05) is 13.1 Å². The van der Waals surface area contributed by atoms with E-state index in [0.717, 1.165) is 0 Å². The highest BCUT2D eigenvalue weighted by Gasteiger charge is 2.50. The van der Waals surface area contributed by atoms with Gasteiger partial charge in [0.15, 0.2) is 0 Å². The van der Waals surface area contributed by atoms with Crippen LogP contribution >= 0.6 is 0 Å². The number of carboxylic acids is 1. The summed E-state index contributed by atoms with van der Waals surface area (Å²) in [6.07, 6.45) is 0.373. The zero-order chi connectivity index (χ0) is 15.0. The summed E-state index contributed by atoms with van der Waals surface area (Å²) in [5.41, 5.74) is 4.05. The van der Waals surface area contributed by atoms with E-state index in [4.69, 9.17) is 15.6 Å². The van der Waals surface area contributed by atoms with Crippen molar-refractivity contribution in [3.8, 4) is 0 Å². The Bertz CT molecular complexity index is 369. The number of hydrogen-bond acceptors (Lipinski definition) is 4. The molecule has 1 atom stereocenters. The molecule has 1 unspecified atom stereocenters. The molecule has 3 N–H and O–H groups in total. The standard InChI is InChI=1S/C13H24N2O4/c1-8(9-6-13(14,7-9)10(16)17)15(5)11(18)19-12(2,3)4/h8-9H,6-7,14H2,1-5H3,(H,16,17). The fourth-order valence-corrected chi connectivity index (χ4v) is 2.21. The van der Waals surface area contributed by atoms with Gasteiger partial charge in [-0.15, -0.1) is 0 Å². The number of nitrogens with zero attached hydrogens (tertiary/aromatic N) is 1. The Balaban J connectivity index is 2.54. The van der Waals surface area contributed by atoms with E-state index in [1.165, 1.54) is 4.90 Å². The lowest BCUT2D eigenvalue weighted by Gasteiger charge is -2.46. The lowest BCUT2D eigenvalue weighted by molar-refractivity contribution is -0.149. The lowest BCUT2D eigenvalue weighted by atomic mass is 9.66. The van der Waals surface area contributed by atoms with Crippen LogP contribution in [-0.2, 0) is 9.53 Å². The highest BCUT2D eigenvalue weighted by molar-refractivity contribution is 5.80. The first-order valence-electron chi connectivity index (χ1n) is 6.44. The van der Waals surface area contributed by atoms with Crippen LogP contribution < -0.4 is 5.73 Å². The summed E-state index contributed by atoms with van der Waals surface area (Å²) in [5.74, 6) is -0.880. The molecule has 1 rings (SSSR count). The number of carboxylic acid groups (broad SMARTS) is 1. The fourth-order valence-electron chi connectivity index (χ4n) is 2.21. The Kier molecular flexibility index (Phi) is 4.14. The summed E-state index contributed by atoms with van der Waals surface area (Å²) in [6, 6.07) is -0.0918. The van der Waals surface area contributed by atoms with E-state index in [1.54, 1.807) is 7.05 Å². The zero-order valence-corrected chi connectivity index (χ0v) is 12.3. The van der Waals surface area contributed by atoms with E-state index >= 15 is 0 Å². The number of hydrogen-bond donors (Lipinski definition) is 2. The molecule has 1 aliphatic rings. The smallest absolute Gasteiger partial charge is 0.410 e. The van der Waals surface area contributed by atoms with Gasteiger partial charge in [-0.25, -0.2) is 4.79 Å². The molecule has 1 saturated carbocycles. The molecular formula is C13H24N2O4. The molecule has 0 spiro atoms. The molecule has 0 heterocycles. The Morgan fingerprint density at radius 3 is 2.26 bits per heavy atom. The first kappa shape index (κ1) is 15.8. The van der Waals surface area contributed by atoms with E-state index in [-0.39, 0.29) is 12.0 Å². The number of nitrogens with two attached hydrogens (primary N) is 1. The van der Waals surface area contributed by atoms with Crippen LogP contribution in [-0.4, -0.2) is 46.3 Å². The lowest BCUT2D eigenvalue weighted by Crippen LogP contribution is -2.62. The summed E-state index contributed by atoms with van der Waals surface area (Å²) in [6.45, 7) is 7.31. The van der Waals surface area contributed by atoms with Gasteiger partial charge < -0.3 is 20.5 Å². The van der Waals surface area contributed by atoms with E-state index in [1.807, 2.05) is 27.7 Å². The second-order valence-corrected chi connectivity index (χ2v) is 6.46. The number of rotatable bonds is 3. The molecule has 110 valence electrons. The summed E-state index contributed by atoms with van der Waals surface area (Å²) in [5, 5.41) is 8.96. The fraction of sp³-hybridized carbons (Fsp3) is 0.846. The predicted octanol–water partition coefficient (Wildman–Crippen LogP) is 1.43. The van der Waals surface area contributed by atoms with Gasteiger partial charge in [-0.05, 0) is 46.5 Å². The van der Waals surface area contributed by atoms with Gasteiger partial charge in [-0.1, -0.05) is 0 Å². The number of carbonyl (C=O) groups excluding carboxylic acids is 1. The number of aliphatic carboxylic acids is 1. The summed E-state index contributed by atoms with van der Waals surface area (Å²) in [7, 11) is 1.66. The minimum atomic E-state index is -1.13. The van der Waals surface area contributed by atoms with E-state index in [0.29, 0.717) is 12.8 Å². The van der Waals surface area contributed by atoms with Gasteiger partial charge in [-0.3, -0.25) is 4.79 Å². The van der Waals surface area contributed by atoms with Crippen LogP contribution in [0.1, 0.15) is 40.5 Å². The normalized spacial score (nSPS) is 28.2. The molecule has 6 nitrogen and oxygen atoms in total. The van der Waals surface area contributed by atoms with Crippen molar-refractivity contribution >= 4 is 12.1 Å². The van der Waals surface area contributed by atoms with Crippen molar-refractivity contribution in [1.29, 1.82) is 0 Å². The molecule has 0 aromatic rings. The Morgan fingerprint density at radius 1 is 1.42 bits per heavy atom. The zero-order valence-electron chi connectivity index (χ0n) is 12.3. The van der Waals surface area contributed by atoms with Crippen molar-refractivity contribution in [3.63, 3.8) is 0 Å². The van der Waals surface area contributed by atoms with Crippen molar-refractivity contribution in [2.24, 2.45) is 11.7 Å². The summed E-state index contributed by atoms with van der Waals surface area (Å²) < 4.78 is 5.28. The maximum Gasteiger partial charge on any atom is 0.410 e. The molecule has 1 fully saturated rings. The molecule has 6 heteroatoms. The largest absolute Gasteiger partial charge is 0.480 e. The molecule has 0 bridgehead atoms. The van der Waals surface area contributed by atoms with Crippen LogP contribution in [0.25, 0.3) is 0 Å². The third-order valence-electron chi connectivity index (χ3n) is 3.65. The quantitative estimate of drug-likeness (QED) is 0.810. The monoisotopic (exact) mass is 272 g/mol. The Hall–Kier alpha value is -1.30. The topological polar surface area (TPSA) is 92.9 Å². The van der Waals surface area contributed by atoms with Crippen LogP contribution in [0.2, 0.25) is 0 Å². The van der Waals surface area contributed by atoms with Crippen LogP contribution in [0.4, 0.5) is 4.79 Å². The van der Waals surface area contributed by atoms with Gasteiger partial charge in [0.05, 0.1) is 0 Å². The van der Waals surface area contributed by atoms with Crippen LogP contribution in [0, 0.1) is 5.92 Å². The Labute approximate surface area is 113 Å². The molecule has 1 amide bonds. The highest BCUT2D eigenvalue weighted by Crippen LogP contribution is 2.39. The van der Waals surface area contributed by atoms with Crippen molar-refractivity contribution in [1.82, 2.24) is 4.90 Å². The molecule has 0 aromatic heterocycles. The molecule has 1 aliphatic carbocycles. The molecular weight excluding hydrogens is 248 g/mol. The summed E-state index contributed by atoms with van der Waals surface area (Å²) >= 11 is 0. The van der Waals surface area contributed by atoms with E-state index in [2.05, 4.69) is 0 Å². The number of amides is 1. The van der Waals surface area contributed by atoms with Crippen molar-refractivity contribution in [3.05, 3.63) is 0 Å². The first-order chi connectivity index (χ1) is 8.46.